The van der Waals surface area contributed by atoms with Gasteiger partial charge in [0.15, 0.2) is 40.1 Å². The highest BCUT2D eigenvalue weighted by Crippen LogP contribution is 2.63. The van der Waals surface area contributed by atoms with Gasteiger partial charge in [0.2, 0.25) is 11.8 Å². The second kappa shape index (κ2) is 23.5. The molecule has 17 heteroatoms. The summed E-state index contributed by atoms with van der Waals surface area (Å²) in [5, 5.41) is 32.1. The van der Waals surface area contributed by atoms with E-state index in [0.29, 0.717) is 37.8 Å². The highest BCUT2D eigenvalue weighted by Gasteiger charge is 2.56. The first-order valence-corrected chi connectivity index (χ1v) is 27.1. The Morgan fingerprint density at radius 3 is 2.05 bits per heavy atom. The summed E-state index contributed by atoms with van der Waals surface area (Å²) in [6.45, 7) is 6.71. The Balaban J connectivity index is 0.695. The van der Waals surface area contributed by atoms with E-state index in [4.69, 9.17) is 42.1 Å². The fraction of sp³-hybridized carbons (Fsp3) is 0.390. The zero-order valence-electron chi connectivity index (χ0n) is 43.4. The molecule has 0 bridgehead atoms. The molecular formula is C59H65Cl2N5O10. The SMILES string of the molecule is CCc1cccc(N(CC)C(=O)Cn2c(CNC3CCC(C(=O)NCCCCCCCCNC(=O)c4ccc5c(c4)C(=O)OC54c5cc(OC)c(O)c(Cl)c5Oc5c4cc(OC)c(O)c5Cl)CC3)cc3ccccc32)c1. The van der Waals surface area contributed by atoms with Gasteiger partial charge < -0.3 is 54.6 Å². The molecule has 76 heavy (non-hydrogen) atoms. The number of benzene rings is 5. The number of carbonyl (C=O) groups excluding carboxylic acids is 4. The number of amides is 3. The fourth-order valence-electron chi connectivity index (χ4n) is 11.0. The van der Waals surface area contributed by atoms with E-state index in [-0.39, 0.29) is 85.5 Å². The van der Waals surface area contributed by atoms with Crippen LogP contribution in [0.15, 0.2) is 84.9 Å². The monoisotopic (exact) mass is 1070 g/mol. The Labute approximate surface area is 452 Å². The Morgan fingerprint density at radius 1 is 0.763 bits per heavy atom. The number of methoxy groups -OCH3 is 2. The molecule has 9 rings (SSSR count). The van der Waals surface area contributed by atoms with E-state index in [1.165, 1.54) is 38.0 Å². The predicted molar refractivity (Wildman–Crippen MR) is 293 cm³/mol. The minimum absolute atomic E-state index is 0.00808. The predicted octanol–water partition coefficient (Wildman–Crippen LogP) is 11.1. The number of esters is 1. The maximum Gasteiger partial charge on any atom is 0.340 e. The van der Waals surface area contributed by atoms with Gasteiger partial charge in [0.05, 0.1) is 30.9 Å². The molecule has 0 saturated heterocycles. The lowest BCUT2D eigenvalue weighted by Crippen LogP contribution is -2.39. The maximum atomic E-state index is 13.8. The van der Waals surface area contributed by atoms with Crippen molar-refractivity contribution < 1.29 is 48.3 Å². The first-order chi connectivity index (χ1) is 36.8. The third-order valence-corrected chi connectivity index (χ3v) is 15.8. The van der Waals surface area contributed by atoms with Crippen LogP contribution in [0, 0.1) is 5.92 Å². The standard InChI is InChI=1S/C59H65Cl2N5O10/c1-5-35-16-15-18-40(28-35)65(6-2)49(67)34-66-41(29-37-17-11-12-19-46(37)66)33-64-39-23-20-36(21-24-39)56(70)62-26-13-9-7-8-10-14-27-63-57(71)38-22-25-43-42(30-38)58(72)76-59(43)44-31-47(73-3)52(68)50(60)54(44)75-55-45(59)32-48(74-4)53(69)51(55)61/h11-12,15-19,22,25,28-32,36,39,64,68-69H,5-10,13-14,20-21,23-24,26-27,33-34H2,1-4H3,(H,62,70)(H,63,71). The Kier molecular flexibility index (Phi) is 16.7. The summed E-state index contributed by atoms with van der Waals surface area (Å²) in [7, 11) is 2.69. The number of aryl methyl sites for hydroxylation is 1. The van der Waals surface area contributed by atoms with Gasteiger partial charge in [0.25, 0.3) is 5.91 Å². The summed E-state index contributed by atoms with van der Waals surface area (Å²) in [5.74, 6) is -1.88. The molecule has 400 valence electrons. The number of phenolic OH excluding ortho intramolecular Hbond substituents is 2. The summed E-state index contributed by atoms with van der Waals surface area (Å²) >= 11 is 13.2. The number of anilines is 1. The lowest BCUT2D eigenvalue weighted by Gasteiger charge is -2.37. The molecule has 1 aromatic heterocycles. The zero-order chi connectivity index (χ0) is 53.7. The molecule has 3 aliphatic rings. The first kappa shape index (κ1) is 53.9. The van der Waals surface area contributed by atoms with Crippen LogP contribution >= 0.6 is 23.2 Å². The van der Waals surface area contributed by atoms with E-state index in [0.717, 1.165) is 92.9 Å². The molecule has 1 aliphatic carbocycles. The van der Waals surface area contributed by atoms with Crippen molar-refractivity contribution in [1.82, 2.24) is 20.5 Å². The van der Waals surface area contributed by atoms with Crippen molar-refractivity contribution in [3.05, 3.63) is 134 Å². The van der Waals surface area contributed by atoms with E-state index >= 15 is 0 Å². The summed E-state index contributed by atoms with van der Waals surface area (Å²) in [6, 6.07) is 26.5. The van der Waals surface area contributed by atoms with Crippen LogP contribution in [0.5, 0.6) is 34.5 Å². The topological polar surface area (TPSA) is 190 Å². The van der Waals surface area contributed by atoms with Crippen molar-refractivity contribution in [2.24, 2.45) is 5.92 Å². The Bertz CT molecular complexity index is 3100. The molecule has 15 nitrogen and oxygen atoms in total. The van der Waals surface area contributed by atoms with Gasteiger partial charge in [0, 0.05) is 66.2 Å². The number of phenols is 2. The van der Waals surface area contributed by atoms with Crippen LogP contribution in [-0.4, -0.2) is 78.4 Å². The largest absolute Gasteiger partial charge is 0.503 e. The molecule has 5 N–H and O–H groups in total. The molecule has 5 aromatic carbocycles. The Hall–Kier alpha value is -6.94. The average Bonchev–Trinajstić information content (AvgIpc) is 3.98. The van der Waals surface area contributed by atoms with E-state index < -0.39 is 23.1 Å². The third-order valence-electron chi connectivity index (χ3n) is 15.1. The number of fused-ring (bicyclic) bond motifs is 7. The normalized spacial score (nSPS) is 16.1. The van der Waals surface area contributed by atoms with E-state index in [2.05, 4.69) is 57.8 Å². The average molecular weight is 1080 g/mol. The van der Waals surface area contributed by atoms with E-state index in [1.54, 1.807) is 12.1 Å². The quantitative estimate of drug-likeness (QED) is 0.0341. The van der Waals surface area contributed by atoms with Crippen LogP contribution in [0.4, 0.5) is 5.69 Å². The molecule has 3 amide bonds. The molecule has 3 heterocycles. The summed E-state index contributed by atoms with van der Waals surface area (Å²) < 4.78 is 25.3. The number of nitrogens with one attached hydrogen (secondary N) is 3. The lowest BCUT2D eigenvalue weighted by molar-refractivity contribution is -0.126. The minimum atomic E-state index is -1.75. The summed E-state index contributed by atoms with van der Waals surface area (Å²) in [5.41, 5.74) is 3.64. The number of para-hydroxylation sites is 1. The maximum absolute atomic E-state index is 13.8. The van der Waals surface area contributed by atoms with Gasteiger partial charge >= 0.3 is 5.97 Å². The van der Waals surface area contributed by atoms with Crippen LogP contribution in [0.3, 0.4) is 0 Å². The van der Waals surface area contributed by atoms with Gasteiger partial charge in [-0.3, -0.25) is 14.4 Å². The number of nitrogens with zero attached hydrogens (tertiary/aromatic N) is 2. The number of hydrogen-bond donors (Lipinski definition) is 5. The first-order valence-electron chi connectivity index (χ1n) is 26.3. The smallest absolute Gasteiger partial charge is 0.340 e. The van der Waals surface area contributed by atoms with E-state index in [1.807, 2.05) is 36.1 Å². The van der Waals surface area contributed by atoms with Crippen LogP contribution in [0.1, 0.15) is 127 Å². The van der Waals surface area contributed by atoms with Crippen molar-refractivity contribution in [1.29, 1.82) is 0 Å². The van der Waals surface area contributed by atoms with Gasteiger partial charge in [-0.15, -0.1) is 0 Å². The van der Waals surface area contributed by atoms with Crippen LogP contribution in [0.25, 0.3) is 10.9 Å². The van der Waals surface area contributed by atoms with Gasteiger partial charge in [-0.1, -0.05) is 92.2 Å². The molecule has 6 aromatic rings. The van der Waals surface area contributed by atoms with Crippen molar-refractivity contribution in [3.8, 4) is 34.5 Å². The van der Waals surface area contributed by atoms with Crippen molar-refractivity contribution >= 4 is 63.5 Å². The van der Waals surface area contributed by atoms with Crippen molar-refractivity contribution in [2.75, 3.05) is 38.8 Å². The molecule has 2 aliphatic heterocycles. The van der Waals surface area contributed by atoms with Crippen molar-refractivity contribution in [2.45, 2.75) is 109 Å². The molecule has 0 atom stereocenters. The van der Waals surface area contributed by atoms with Crippen LogP contribution < -0.4 is 35.1 Å². The number of likely N-dealkylation sites (N-methyl/N-ethyl adjacent to an activating group) is 1. The molecular weight excluding hydrogens is 1010 g/mol. The highest BCUT2D eigenvalue weighted by molar-refractivity contribution is 6.35. The van der Waals surface area contributed by atoms with Gasteiger partial charge in [0.1, 0.15) is 16.6 Å². The number of rotatable bonds is 21. The second-order valence-corrected chi connectivity index (χ2v) is 20.5. The van der Waals surface area contributed by atoms with Gasteiger partial charge in [-0.05, 0) is 111 Å². The number of ether oxygens (including phenoxy) is 4. The number of hydrogen-bond acceptors (Lipinski definition) is 11. The number of aromatic hydroxyl groups is 2. The third kappa shape index (κ3) is 10.6. The number of carbonyl (C=O) groups is 4. The molecule has 0 unspecified atom stereocenters. The Morgan fingerprint density at radius 2 is 1.41 bits per heavy atom. The van der Waals surface area contributed by atoms with Crippen LogP contribution in [-0.2, 0) is 39.4 Å². The van der Waals surface area contributed by atoms with E-state index in [9.17, 15) is 29.4 Å². The number of aromatic nitrogens is 1. The van der Waals surface area contributed by atoms with Crippen LogP contribution in [0.2, 0.25) is 10.0 Å². The van der Waals surface area contributed by atoms with Gasteiger partial charge in [-0.2, -0.15) is 0 Å². The number of unbranched alkanes of at least 4 members (excludes halogenated alkanes) is 5. The lowest BCUT2D eigenvalue weighted by atomic mass is 9.77. The fourth-order valence-corrected chi connectivity index (χ4v) is 11.5. The second-order valence-electron chi connectivity index (χ2n) is 19.7. The van der Waals surface area contributed by atoms with Crippen molar-refractivity contribution in [3.63, 3.8) is 0 Å². The molecule has 1 saturated carbocycles. The summed E-state index contributed by atoms with van der Waals surface area (Å²) in [4.78, 5) is 56.1. The molecule has 1 fully saturated rings. The van der Waals surface area contributed by atoms with Gasteiger partial charge in [-0.25, -0.2) is 4.79 Å². The molecule has 0 radical (unpaired) electrons. The molecule has 1 spiro atoms. The zero-order valence-corrected chi connectivity index (χ0v) is 44.9. The minimum Gasteiger partial charge on any atom is -0.503 e. The highest BCUT2D eigenvalue weighted by atomic mass is 35.5. The summed E-state index contributed by atoms with van der Waals surface area (Å²) in [6.07, 6.45) is 9.98. The number of halogens is 2.